The Labute approximate surface area is 277 Å². The van der Waals surface area contributed by atoms with Crippen molar-refractivity contribution in [1.29, 1.82) is 0 Å². The van der Waals surface area contributed by atoms with Crippen molar-refractivity contribution in [3.63, 3.8) is 0 Å². The summed E-state index contributed by atoms with van der Waals surface area (Å²) in [5.74, 6) is 1.66. The van der Waals surface area contributed by atoms with E-state index in [0.29, 0.717) is 48.4 Å². The highest BCUT2D eigenvalue weighted by Gasteiger charge is 2.53. The number of terminal acetylenes is 1. The predicted molar refractivity (Wildman–Crippen MR) is 179 cm³/mol. The Morgan fingerprint density at radius 3 is 2.48 bits per heavy atom. The first-order valence-electron chi connectivity index (χ1n) is 16.7. The molecular formula is C37H38F2N6O3. The first-order valence-corrected chi connectivity index (χ1v) is 16.7. The molecule has 3 aliphatic carbocycles. The van der Waals surface area contributed by atoms with Gasteiger partial charge >= 0.3 is 6.01 Å². The van der Waals surface area contributed by atoms with Gasteiger partial charge in [0.1, 0.15) is 28.6 Å². The van der Waals surface area contributed by atoms with E-state index >= 15 is 4.39 Å². The van der Waals surface area contributed by atoms with Crippen molar-refractivity contribution < 1.29 is 23.4 Å². The molecule has 5 aliphatic rings. The summed E-state index contributed by atoms with van der Waals surface area (Å²) in [6.07, 6.45) is 14.4. The monoisotopic (exact) mass is 652 g/mol. The minimum absolute atomic E-state index is 0.0291. The topological polar surface area (TPSA) is 104 Å². The quantitative estimate of drug-likeness (QED) is 0.261. The summed E-state index contributed by atoms with van der Waals surface area (Å²) in [6.45, 7) is 1.79. The SMILES string of the molecule is C#Cc1c(F)ccc2cc(O)cc(-c3ncc4c(N5C[C@H]6CC[C@@H](C5)N6)nc(OCC56CCC(C(=O)N(C)C)(CC5)CC6)nc4c3F)c12. The van der Waals surface area contributed by atoms with E-state index in [1.807, 2.05) is 14.1 Å². The van der Waals surface area contributed by atoms with Crippen molar-refractivity contribution in [2.24, 2.45) is 10.8 Å². The molecule has 3 saturated carbocycles. The van der Waals surface area contributed by atoms with Crippen molar-refractivity contribution in [1.82, 2.24) is 25.2 Å². The van der Waals surface area contributed by atoms with Crippen molar-refractivity contribution >= 4 is 33.4 Å². The van der Waals surface area contributed by atoms with E-state index in [9.17, 15) is 14.3 Å². The van der Waals surface area contributed by atoms with Crippen LogP contribution < -0.4 is 15.0 Å². The van der Waals surface area contributed by atoms with Crippen LogP contribution in [0.4, 0.5) is 14.6 Å². The molecule has 4 bridgehead atoms. The zero-order valence-corrected chi connectivity index (χ0v) is 27.2. The highest BCUT2D eigenvalue weighted by Crippen LogP contribution is 2.57. The predicted octanol–water partition coefficient (Wildman–Crippen LogP) is 5.56. The molecule has 11 heteroatoms. The molecule has 4 heterocycles. The molecule has 9 nitrogen and oxygen atoms in total. The number of pyridine rings is 1. The third-order valence-corrected chi connectivity index (χ3v) is 11.4. The number of carbonyl (C=O) groups excluding carboxylic acids is 1. The molecule has 2 N–H and O–H groups in total. The molecule has 2 aromatic heterocycles. The molecular weight excluding hydrogens is 614 g/mol. The number of rotatable bonds is 6. The Balaban J connectivity index is 1.20. The molecule has 9 rings (SSSR count). The highest BCUT2D eigenvalue weighted by molar-refractivity contribution is 6.03. The van der Waals surface area contributed by atoms with Crippen LogP contribution in [0.5, 0.6) is 11.8 Å². The first-order chi connectivity index (χ1) is 23.1. The van der Waals surface area contributed by atoms with Crippen LogP contribution in [-0.2, 0) is 4.79 Å². The number of fused-ring (bicyclic) bond motifs is 7. The summed E-state index contributed by atoms with van der Waals surface area (Å²) in [6, 6.07) is 6.22. The average Bonchev–Trinajstić information content (AvgIpc) is 3.44. The Kier molecular flexibility index (Phi) is 7.22. The number of ether oxygens (including phenoxy) is 1. The maximum absolute atomic E-state index is 16.9. The zero-order valence-electron chi connectivity index (χ0n) is 27.2. The summed E-state index contributed by atoms with van der Waals surface area (Å²) >= 11 is 0. The summed E-state index contributed by atoms with van der Waals surface area (Å²) in [4.78, 5) is 30.9. The number of anilines is 1. The third-order valence-electron chi connectivity index (χ3n) is 11.4. The lowest BCUT2D eigenvalue weighted by Gasteiger charge is -2.52. The number of hydrogen-bond acceptors (Lipinski definition) is 8. The minimum Gasteiger partial charge on any atom is -0.508 e. The van der Waals surface area contributed by atoms with Gasteiger partial charge in [0.15, 0.2) is 5.82 Å². The van der Waals surface area contributed by atoms with Crippen LogP contribution in [0.25, 0.3) is 32.9 Å². The van der Waals surface area contributed by atoms with Gasteiger partial charge in [0.25, 0.3) is 0 Å². The fourth-order valence-corrected chi connectivity index (χ4v) is 8.73. The van der Waals surface area contributed by atoms with Crippen molar-refractivity contribution in [3.05, 3.63) is 47.7 Å². The second kappa shape index (κ2) is 11.3. The summed E-state index contributed by atoms with van der Waals surface area (Å²) in [5, 5.41) is 15.4. The van der Waals surface area contributed by atoms with E-state index in [1.54, 1.807) is 11.1 Å². The average molecular weight is 653 g/mol. The fraction of sp³-hybridized carbons (Fsp3) is 0.459. The molecule has 0 spiro atoms. The lowest BCUT2D eigenvalue weighted by molar-refractivity contribution is -0.150. The standard InChI is InChI=1S/C37H38F2N6O3/c1-4-25-28(38)8-5-21-15-24(46)16-26(29(21)25)31-30(39)32-27(17-40-31)33(45-18-22-6-7-23(19-45)41-22)43-35(42-32)48-20-36-9-12-37(13-10-36,14-11-36)34(47)44(2)3/h1,5,8,15-17,22-23,41,46H,6-7,9-14,18-20H2,2-3H3/t22-,23+,36?,37?. The van der Waals surface area contributed by atoms with E-state index in [2.05, 4.69) is 26.1 Å². The fourth-order valence-electron chi connectivity index (χ4n) is 8.73. The van der Waals surface area contributed by atoms with E-state index in [1.165, 1.54) is 24.3 Å². The molecule has 248 valence electrons. The van der Waals surface area contributed by atoms with Crippen LogP contribution in [0, 0.1) is 34.8 Å². The van der Waals surface area contributed by atoms with Gasteiger partial charge in [-0.1, -0.05) is 12.0 Å². The van der Waals surface area contributed by atoms with Crippen LogP contribution >= 0.6 is 0 Å². The number of halogens is 2. The zero-order chi connectivity index (χ0) is 33.4. The Morgan fingerprint density at radius 2 is 1.81 bits per heavy atom. The number of hydrogen-bond donors (Lipinski definition) is 2. The van der Waals surface area contributed by atoms with Crippen molar-refractivity contribution in [3.8, 4) is 35.4 Å². The Hall–Kier alpha value is -4.56. The normalized spacial score (nSPS) is 26.2. The van der Waals surface area contributed by atoms with Crippen LogP contribution in [0.2, 0.25) is 0 Å². The number of phenolic OH excluding ortho intramolecular Hbond substituents is 1. The number of aromatic hydroxyl groups is 1. The van der Waals surface area contributed by atoms with Gasteiger partial charge in [-0.2, -0.15) is 9.97 Å². The number of phenols is 1. The second-order valence-electron chi connectivity index (χ2n) is 14.5. The Bertz CT molecular complexity index is 1990. The number of amides is 1. The molecule has 48 heavy (non-hydrogen) atoms. The molecule has 0 unspecified atom stereocenters. The summed E-state index contributed by atoms with van der Waals surface area (Å²) in [7, 11) is 3.65. The number of piperazine rings is 1. The van der Waals surface area contributed by atoms with Gasteiger partial charge in [-0.25, -0.2) is 8.78 Å². The molecule has 2 aromatic carbocycles. The van der Waals surface area contributed by atoms with Crippen LogP contribution in [-0.4, -0.2) is 76.7 Å². The van der Waals surface area contributed by atoms with Gasteiger partial charge in [-0.15, -0.1) is 6.42 Å². The van der Waals surface area contributed by atoms with E-state index in [-0.39, 0.29) is 56.2 Å². The van der Waals surface area contributed by atoms with Gasteiger partial charge in [0.05, 0.1) is 17.6 Å². The summed E-state index contributed by atoms with van der Waals surface area (Å²) in [5.41, 5.74) is -0.339. The lowest BCUT2D eigenvalue weighted by atomic mass is 9.53. The molecule has 2 aliphatic heterocycles. The molecule has 5 fully saturated rings. The van der Waals surface area contributed by atoms with Gasteiger partial charge in [0, 0.05) is 67.2 Å². The van der Waals surface area contributed by atoms with Crippen LogP contribution in [0.3, 0.4) is 0 Å². The Morgan fingerprint density at radius 1 is 1.10 bits per heavy atom. The number of nitrogens with one attached hydrogen (secondary N) is 1. The number of aromatic nitrogens is 3. The van der Waals surface area contributed by atoms with E-state index < -0.39 is 11.6 Å². The largest absolute Gasteiger partial charge is 0.508 e. The molecule has 4 aromatic rings. The van der Waals surface area contributed by atoms with Gasteiger partial charge in [-0.05, 0) is 75.0 Å². The number of carbonyl (C=O) groups is 1. The van der Waals surface area contributed by atoms with Crippen molar-refractivity contribution in [2.75, 3.05) is 38.7 Å². The van der Waals surface area contributed by atoms with Gasteiger partial charge in [0.2, 0.25) is 5.91 Å². The smallest absolute Gasteiger partial charge is 0.319 e. The minimum atomic E-state index is -0.737. The van der Waals surface area contributed by atoms with Crippen LogP contribution in [0.15, 0.2) is 30.5 Å². The van der Waals surface area contributed by atoms with E-state index in [4.69, 9.17) is 16.1 Å². The maximum Gasteiger partial charge on any atom is 0.319 e. The third kappa shape index (κ3) is 4.91. The van der Waals surface area contributed by atoms with Crippen molar-refractivity contribution in [2.45, 2.75) is 63.5 Å². The highest BCUT2D eigenvalue weighted by atomic mass is 19.1. The maximum atomic E-state index is 16.9. The molecule has 2 atom stereocenters. The molecule has 0 radical (unpaired) electrons. The molecule has 1 amide bonds. The van der Waals surface area contributed by atoms with E-state index in [0.717, 1.165) is 51.4 Å². The first kappa shape index (κ1) is 30.8. The molecule has 2 saturated heterocycles. The summed E-state index contributed by atoms with van der Waals surface area (Å²) < 4.78 is 38.1. The second-order valence-corrected chi connectivity index (χ2v) is 14.5. The number of nitrogens with zero attached hydrogens (tertiary/aromatic N) is 5. The van der Waals surface area contributed by atoms with Gasteiger partial charge in [-0.3, -0.25) is 9.78 Å². The van der Waals surface area contributed by atoms with Gasteiger partial charge < -0.3 is 25.0 Å². The lowest BCUT2D eigenvalue weighted by Crippen LogP contribution is -2.51. The number of benzene rings is 2. The van der Waals surface area contributed by atoms with Crippen LogP contribution in [0.1, 0.15) is 56.9 Å².